The topological polar surface area (TPSA) is 61.2 Å². The van der Waals surface area contributed by atoms with E-state index in [1.165, 1.54) is 0 Å². The Morgan fingerprint density at radius 3 is 2.93 bits per heavy atom. The first-order valence-electron chi connectivity index (χ1n) is 4.95. The number of aromatic nitrogens is 1. The molecule has 0 fully saturated rings. The SMILES string of the molecule is Cc1ccc2c(c1)oc(=O)n2C(C)CN. The van der Waals surface area contributed by atoms with Crippen LogP contribution in [0.15, 0.2) is 27.4 Å². The Kier molecular flexibility index (Phi) is 2.36. The molecule has 15 heavy (non-hydrogen) atoms. The number of fused-ring (bicyclic) bond motifs is 1. The molecule has 1 unspecified atom stereocenters. The Hall–Kier alpha value is -1.55. The number of hydrogen-bond acceptors (Lipinski definition) is 3. The normalized spacial score (nSPS) is 13.3. The predicted molar refractivity (Wildman–Crippen MR) is 59.0 cm³/mol. The van der Waals surface area contributed by atoms with E-state index in [-0.39, 0.29) is 11.8 Å². The van der Waals surface area contributed by atoms with Gasteiger partial charge in [0.25, 0.3) is 0 Å². The lowest BCUT2D eigenvalue weighted by molar-refractivity contribution is 0.464. The average molecular weight is 206 g/mol. The van der Waals surface area contributed by atoms with Gasteiger partial charge in [-0.15, -0.1) is 0 Å². The van der Waals surface area contributed by atoms with E-state index in [9.17, 15) is 4.79 Å². The van der Waals surface area contributed by atoms with Crippen molar-refractivity contribution < 1.29 is 4.42 Å². The maximum atomic E-state index is 11.6. The van der Waals surface area contributed by atoms with E-state index >= 15 is 0 Å². The van der Waals surface area contributed by atoms with Crippen LogP contribution in [0.3, 0.4) is 0 Å². The molecule has 2 N–H and O–H groups in total. The van der Waals surface area contributed by atoms with Crippen LogP contribution in [0.5, 0.6) is 0 Å². The molecule has 0 aliphatic carbocycles. The molecule has 0 aliphatic heterocycles. The number of rotatable bonds is 2. The number of aryl methyl sites for hydroxylation is 1. The van der Waals surface area contributed by atoms with Crippen LogP contribution < -0.4 is 11.5 Å². The van der Waals surface area contributed by atoms with Gasteiger partial charge in [-0.2, -0.15) is 0 Å². The minimum Gasteiger partial charge on any atom is -0.408 e. The summed E-state index contributed by atoms with van der Waals surface area (Å²) in [5.41, 5.74) is 8.06. The first-order chi connectivity index (χ1) is 7.13. The Morgan fingerprint density at radius 2 is 2.27 bits per heavy atom. The molecule has 1 aromatic heterocycles. The van der Waals surface area contributed by atoms with E-state index in [1.807, 2.05) is 32.0 Å². The van der Waals surface area contributed by atoms with Gasteiger partial charge in [0.15, 0.2) is 5.58 Å². The summed E-state index contributed by atoms with van der Waals surface area (Å²) >= 11 is 0. The highest BCUT2D eigenvalue weighted by atomic mass is 16.4. The van der Waals surface area contributed by atoms with Crippen molar-refractivity contribution in [2.24, 2.45) is 5.73 Å². The second kappa shape index (κ2) is 3.55. The molecular weight excluding hydrogens is 192 g/mol. The third-order valence-corrected chi connectivity index (χ3v) is 2.55. The Bertz CT molecular complexity index is 539. The fraction of sp³-hybridized carbons (Fsp3) is 0.364. The highest BCUT2D eigenvalue weighted by Crippen LogP contribution is 2.17. The fourth-order valence-electron chi connectivity index (χ4n) is 1.67. The molecule has 0 spiro atoms. The van der Waals surface area contributed by atoms with Crippen molar-refractivity contribution in [3.63, 3.8) is 0 Å². The third kappa shape index (κ3) is 1.57. The summed E-state index contributed by atoms with van der Waals surface area (Å²) in [6.07, 6.45) is 0. The van der Waals surface area contributed by atoms with Crippen molar-refractivity contribution in [2.45, 2.75) is 19.9 Å². The van der Waals surface area contributed by atoms with Crippen molar-refractivity contribution in [3.05, 3.63) is 34.3 Å². The van der Waals surface area contributed by atoms with Gasteiger partial charge < -0.3 is 10.2 Å². The van der Waals surface area contributed by atoms with Crippen LogP contribution in [-0.2, 0) is 0 Å². The van der Waals surface area contributed by atoms with Crippen LogP contribution in [0.1, 0.15) is 18.5 Å². The van der Waals surface area contributed by atoms with Gasteiger partial charge in [-0.25, -0.2) is 4.79 Å². The summed E-state index contributed by atoms with van der Waals surface area (Å²) in [7, 11) is 0. The Morgan fingerprint density at radius 1 is 1.53 bits per heavy atom. The van der Waals surface area contributed by atoms with Crippen molar-refractivity contribution in [1.82, 2.24) is 4.57 Å². The molecule has 2 rings (SSSR count). The summed E-state index contributed by atoms with van der Waals surface area (Å²) in [6, 6.07) is 5.66. The van der Waals surface area contributed by atoms with Crippen LogP contribution in [0.2, 0.25) is 0 Å². The van der Waals surface area contributed by atoms with Crippen LogP contribution in [0.25, 0.3) is 11.1 Å². The van der Waals surface area contributed by atoms with Gasteiger partial charge in [-0.3, -0.25) is 4.57 Å². The zero-order chi connectivity index (χ0) is 11.0. The van der Waals surface area contributed by atoms with E-state index in [4.69, 9.17) is 10.2 Å². The van der Waals surface area contributed by atoms with Gasteiger partial charge in [0.2, 0.25) is 0 Å². The molecular formula is C11H14N2O2. The minimum absolute atomic E-state index is 0.0403. The number of hydrogen-bond donors (Lipinski definition) is 1. The minimum atomic E-state index is -0.339. The molecule has 0 radical (unpaired) electrons. The van der Waals surface area contributed by atoms with E-state index in [2.05, 4.69) is 0 Å². The molecule has 0 saturated carbocycles. The van der Waals surface area contributed by atoms with Gasteiger partial charge in [0.1, 0.15) is 0 Å². The summed E-state index contributed by atoms with van der Waals surface area (Å²) < 4.78 is 6.75. The molecule has 2 aromatic rings. The summed E-state index contributed by atoms with van der Waals surface area (Å²) in [5.74, 6) is -0.339. The lowest BCUT2D eigenvalue weighted by Crippen LogP contribution is -2.24. The number of nitrogens with zero attached hydrogens (tertiary/aromatic N) is 1. The van der Waals surface area contributed by atoms with E-state index in [0.29, 0.717) is 12.1 Å². The van der Waals surface area contributed by atoms with E-state index in [0.717, 1.165) is 11.1 Å². The molecule has 4 heteroatoms. The van der Waals surface area contributed by atoms with Crippen molar-refractivity contribution in [1.29, 1.82) is 0 Å². The van der Waals surface area contributed by atoms with Crippen LogP contribution in [0, 0.1) is 6.92 Å². The van der Waals surface area contributed by atoms with Gasteiger partial charge in [0.05, 0.1) is 5.52 Å². The maximum Gasteiger partial charge on any atom is 0.420 e. The van der Waals surface area contributed by atoms with E-state index < -0.39 is 0 Å². The highest BCUT2D eigenvalue weighted by Gasteiger charge is 2.13. The first-order valence-corrected chi connectivity index (χ1v) is 4.95. The summed E-state index contributed by atoms with van der Waals surface area (Å²) in [4.78, 5) is 11.6. The Labute approximate surface area is 87.3 Å². The molecule has 4 nitrogen and oxygen atoms in total. The largest absolute Gasteiger partial charge is 0.420 e. The molecule has 0 aliphatic rings. The second-order valence-corrected chi connectivity index (χ2v) is 3.79. The predicted octanol–water partition coefficient (Wildman–Crippen LogP) is 1.42. The third-order valence-electron chi connectivity index (χ3n) is 2.55. The van der Waals surface area contributed by atoms with Gasteiger partial charge in [-0.1, -0.05) is 6.07 Å². The number of nitrogens with two attached hydrogens (primary N) is 1. The highest BCUT2D eigenvalue weighted by molar-refractivity contribution is 5.73. The lowest BCUT2D eigenvalue weighted by atomic mass is 10.2. The quantitative estimate of drug-likeness (QED) is 0.808. The lowest BCUT2D eigenvalue weighted by Gasteiger charge is -2.08. The van der Waals surface area contributed by atoms with Crippen molar-refractivity contribution in [3.8, 4) is 0 Å². The summed E-state index contributed by atoms with van der Waals surface area (Å²) in [6.45, 7) is 4.28. The number of benzene rings is 1. The standard InChI is InChI=1S/C11H14N2O2/c1-7-3-4-9-10(5-7)15-11(14)13(9)8(2)6-12/h3-5,8H,6,12H2,1-2H3. The molecule has 1 atom stereocenters. The summed E-state index contributed by atoms with van der Waals surface area (Å²) in [5, 5.41) is 0. The fourth-order valence-corrected chi connectivity index (χ4v) is 1.67. The molecule has 0 amide bonds. The first kappa shape index (κ1) is 9.98. The van der Waals surface area contributed by atoms with Gasteiger partial charge in [0, 0.05) is 12.6 Å². The molecule has 0 saturated heterocycles. The molecule has 1 heterocycles. The average Bonchev–Trinajstić information content (AvgIpc) is 2.52. The van der Waals surface area contributed by atoms with Crippen molar-refractivity contribution >= 4 is 11.1 Å². The monoisotopic (exact) mass is 206 g/mol. The van der Waals surface area contributed by atoms with Crippen LogP contribution in [0.4, 0.5) is 0 Å². The molecule has 0 bridgehead atoms. The maximum absolute atomic E-state index is 11.6. The van der Waals surface area contributed by atoms with E-state index in [1.54, 1.807) is 4.57 Å². The molecule has 1 aromatic carbocycles. The zero-order valence-electron chi connectivity index (χ0n) is 8.86. The van der Waals surface area contributed by atoms with Gasteiger partial charge in [-0.05, 0) is 31.5 Å². The zero-order valence-corrected chi connectivity index (χ0v) is 8.86. The Balaban J connectivity index is 2.74. The van der Waals surface area contributed by atoms with Gasteiger partial charge >= 0.3 is 5.76 Å². The smallest absolute Gasteiger partial charge is 0.408 e. The van der Waals surface area contributed by atoms with Crippen LogP contribution >= 0.6 is 0 Å². The van der Waals surface area contributed by atoms with Crippen molar-refractivity contribution in [2.75, 3.05) is 6.54 Å². The number of oxazole rings is 1. The molecule has 80 valence electrons. The second-order valence-electron chi connectivity index (χ2n) is 3.79. The van der Waals surface area contributed by atoms with Crippen LogP contribution in [-0.4, -0.2) is 11.1 Å².